The molecule has 0 saturated carbocycles. The molecular weight excluding hydrogens is 298 g/mol. The predicted molar refractivity (Wildman–Crippen MR) is 55.9 cm³/mol. The van der Waals surface area contributed by atoms with E-state index in [0.717, 1.165) is 6.07 Å². The quantitative estimate of drug-likeness (QED) is 0.825. The van der Waals surface area contributed by atoms with Gasteiger partial charge in [-0.15, -0.1) is 12.4 Å². The molecule has 1 rings (SSSR count). The molecule has 0 aliphatic carbocycles. The van der Waals surface area contributed by atoms with E-state index < -0.39 is 35.7 Å². The third-order valence-electron chi connectivity index (χ3n) is 1.72. The first-order valence-electron chi connectivity index (χ1n) is 3.67. The minimum atomic E-state index is -1.37. The average Bonchev–Trinajstić information content (AvgIpc) is 2.15. The summed E-state index contributed by atoms with van der Waals surface area (Å²) in [6.07, 6.45) is 0. The predicted octanol–water partition coefficient (Wildman–Crippen LogP) is 2.82. The third kappa shape index (κ3) is 2.76. The summed E-state index contributed by atoms with van der Waals surface area (Å²) in [5.41, 5.74) is 4.62. The molecular formula is C8H8BrClF3NO. The van der Waals surface area contributed by atoms with Crippen LogP contribution in [0.4, 0.5) is 13.2 Å². The van der Waals surface area contributed by atoms with Crippen molar-refractivity contribution in [3.63, 3.8) is 0 Å². The molecule has 0 aliphatic rings. The van der Waals surface area contributed by atoms with Gasteiger partial charge in [0.05, 0.1) is 16.1 Å². The molecule has 1 aromatic carbocycles. The lowest BCUT2D eigenvalue weighted by Crippen LogP contribution is -2.15. The van der Waals surface area contributed by atoms with Gasteiger partial charge in [-0.05, 0) is 22.0 Å². The Bertz CT molecular complexity index is 338. The smallest absolute Gasteiger partial charge is 0.167 e. The second-order valence-corrected chi connectivity index (χ2v) is 3.53. The molecule has 15 heavy (non-hydrogen) atoms. The molecule has 0 fully saturated rings. The van der Waals surface area contributed by atoms with Gasteiger partial charge in [0.1, 0.15) is 12.4 Å². The summed E-state index contributed by atoms with van der Waals surface area (Å²) in [5.74, 6) is -3.08. The van der Waals surface area contributed by atoms with Crippen LogP contribution in [0.15, 0.2) is 10.5 Å². The summed E-state index contributed by atoms with van der Waals surface area (Å²) in [6.45, 7) is -1.08. The molecule has 1 aromatic rings. The topological polar surface area (TPSA) is 46.2 Å². The van der Waals surface area contributed by atoms with Gasteiger partial charge in [-0.3, -0.25) is 0 Å². The van der Waals surface area contributed by atoms with Crippen LogP contribution < -0.4 is 5.73 Å². The maximum Gasteiger partial charge on any atom is 0.167 e. The maximum absolute atomic E-state index is 13.1. The van der Waals surface area contributed by atoms with Crippen molar-refractivity contribution in [1.82, 2.24) is 0 Å². The van der Waals surface area contributed by atoms with Crippen molar-refractivity contribution in [2.75, 3.05) is 6.67 Å². The molecule has 2 nitrogen and oxygen atoms in total. The number of hydrogen-bond acceptors (Lipinski definition) is 2. The number of phenolic OH excluding ortho intramolecular Hbond substituents is 1. The first-order valence-corrected chi connectivity index (χ1v) is 4.46. The first kappa shape index (κ1) is 14.5. The van der Waals surface area contributed by atoms with Crippen LogP contribution in [0.2, 0.25) is 0 Å². The number of alkyl halides is 1. The van der Waals surface area contributed by atoms with Crippen LogP contribution in [0.1, 0.15) is 11.6 Å². The van der Waals surface area contributed by atoms with Crippen molar-refractivity contribution in [2.24, 2.45) is 5.73 Å². The van der Waals surface area contributed by atoms with E-state index in [2.05, 4.69) is 15.9 Å². The summed E-state index contributed by atoms with van der Waals surface area (Å²) < 4.78 is 38.0. The van der Waals surface area contributed by atoms with Gasteiger partial charge in [-0.1, -0.05) is 0 Å². The number of nitrogens with two attached hydrogens (primary N) is 1. The minimum Gasteiger partial charge on any atom is -0.506 e. The first-order chi connectivity index (χ1) is 6.49. The van der Waals surface area contributed by atoms with Crippen molar-refractivity contribution in [3.05, 3.63) is 27.7 Å². The third-order valence-corrected chi connectivity index (χ3v) is 2.32. The number of benzene rings is 1. The summed E-state index contributed by atoms with van der Waals surface area (Å²) >= 11 is 2.79. The molecule has 0 radical (unpaired) electrons. The SMILES string of the molecule is Cl.N[C@@H](CF)c1c(O)c(Br)cc(F)c1F. The summed E-state index contributed by atoms with van der Waals surface area (Å²) in [7, 11) is 0. The summed E-state index contributed by atoms with van der Waals surface area (Å²) in [5, 5.41) is 9.30. The lowest BCUT2D eigenvalue weighted by molar-refractivity contribution is 0.389. The van der Waals surface area contributed by atoms with Crippen LogP contribution in [0.3, 0.4) is 0 Å². The number of phenols is 1. The highest BCUT2D eigenvalue weighted by atomic mass is 79.9. The van der Waals surface area contributed by atoms with E-state index in [9.17, 15) is 18.3 Å². The molecule has 0 spiro atoms. The number of aromatic hydroxyl groups is 1. The number of hydrogen-bond donors (Lipinski definition) is 2. The number of rotatable bonds is 2. The van der Waals surface area contributed by atoms with E-state index in [1.165, 1.54) is 0 Å². The Hall–Kier alpha value is -0.460. The highest BCUT2D eigenvalue weighted by Gasteiger charge is 2.22. The van der Waals surface area contributed by atoms with E-state index in [1.54, 1.807) is 0 Å². The maximum atomic E-state index is 13.1. The van der Waals surface area contributed by atoms with Gasteiger partial charge in [-0.2, -0.15) is 0 Å². The van der Waals surface area contributed by atoms with Crippen molar-refractivity contribution < 1.29 is 18.3 Å². The zero-order valence-electron chi connectivity index (χ0n) is 7.31. The molecule has 7 heteroatoms. The van der Waals surface area contributed by atoms with E-state index in [0.29, 0.717) is 0 Å². The van der Waals surface area contributed by atoms with Crippen molar-refractivity contribution in [1.29, 1.82) is 0 Å². The fraction of sp³-hybridized carbons (Fsp3) is 0.250. The van der Waals surface area contributed by atoms with Gasteiger partial charge < -0.3 is 10.8 Å². The van der Waals surface area contributed by atoms with Gasteiger partial charge in [0.15, 0.2) is 11.6 Å². The standard InChI is InChI=1S/C8H7BrF3NO.ClH/c9-3-1-4(11)7(12)6(8(3)14)5(13)2-10;/h1,5,14H,2,13H2;1H/t5-;/m0./s1. The fourth-order valence-corrected chi connectivity index (χ4v) is 1.43. The lowest BCUT2D eigenvalue weighted by atomic mass is 10.1. The van der Waals surface area contributed by atoms with Crippen LogP contribution in [0.25, 0.3) is 0 Å². The van der Waals surface area contributed by atoms with Gasteiger partial charge in [0.25, 0.3) is 0 Å². The average molecular weight is 307 g/mol. The Morgan fingerprint density at radius 3 is 2.47 bits per heavy atom. The summed E-state index contributed by atoms with van der Waals surface area (Å²) in [6, 6.07) is -0.624. The monoisotopic (exact) mass is 305 g/mol. The highest BCUT2D eigenvalue weighted by molar-refractivity contribution is 9.10. The molecule has 0 bridgehead atoms. The van der Waals surface area contributed by atoms with Crippen LogP contribution in [0.5, 0.6) is 5.75 Å². The van der Waals surface area contributed by atoms with Crippen molar-refractivity contribution in [3.8, 4) is 5.75 Å². The van der Waals surface area contributed by atoms with E-state index in [4.69, 9.17) is 5.73 Å². The molecule has 1 atom stereocenters. The molecule has 0 saturated heterocycles. The van der Waals surface area contributed by atoms with Crippen LogP contribution in [-0.4, -0.2) is 11.8 Å². The Balaban J connectivity index is 0.00000196. The Morgan fingerprint density at radius 2 is 2.00 bits per heavy atom. The second-order valence-electron chi connectivity index (χ2n) is 2.68. The van der Waals surface area contributed by atoms with E-state index in [-0.39, 0.29) is 16.9 Å². The molecule has 0 aromatic heterocycles. The van der Waals surface area contributed by atoms with Crippen LogP contribution in [0, 0.1) is 11.6 Å². The Kier molecular flexibility index (Phi) is 5.41. The van der Waals surface area contributed by atoms with Gasteiger partial charge in [0.2, 0.25) is 0 Å². The molecule has 86 valence electrons. The molecule has 3 N–H and O–H groups in total. The van der Waals surface area contributed by atoms with Crippen molar-refractivity contribution >= 4 is 28.3 Å². The summed E-state index contributed by atoms with van der Waals surface area (Å²) in [4.78, 5) is 0. The lowest BCUT2D eigenvalue weighted by Gasteiger charge is -2.12. The largest absolute Gasteiger partial charge is 0.506 e. The zero-order chi connectivity index (χ0) is 10.9. The second kappa shape index (κ2) is 5.58. The number of halogens is 5. The normalized spacial score (nSPS) is 12.1. The Labute approximate surface area is 98.8 Å². The van der Waals surface area contributed by atoms with Gasteiger partial charge >= 0.3 is 0 Å². The molecule has 0 amide bonds. The molecule has 0 heterocycles. The van der Waals surface area contributed by atoms with E-state index in [1.807, 2.05) is 0 Å². The minimum absolute atomic E-state index is 0. The van der Waals surface area contributed by atoms with Gasteiger partial charge in [0, 0.05) is 0 Å². The van der Waals surface area contributed by atoms with E-state index >= 15 is 0 Å². The van der Waals surface area contributed by atoms with Gasteiger partial charge in [-0.25, -0.2) is 13.2 Å². The van der Waals surface area contributed by atoms with Crippen LogP contribution in [-0.2, 0) is 0 Å². The van der Waals surface area contributed by atoms with Crippen LogP contribution >= 0.6 is 28.3 Å². The molecule has 0 unspecified atom stereocenters. The zero-order valence-corrected chi connectivity index (χ0v) is 9.71. The molecule has 0 aliphatic heterocycles. The Morgan fingerprint density at radius 1 is 1.47 bits per heavy atom. The van der Waals surface area contributed by atoms with Crippen molar-refractivity contribution in [2.45, 2.75) is 6.04 Å². The fourth-order valence-electron chi connectivity index (χ4n) is 1.02. The highest BCUT2D eigenvalue weighted by Crippen LogP contribution is 2.34.